The van der Waals surface area contributed by atoms with Gasteiger partial charge in [0.25, 0.3) is 0 Å². The summed E-state index contributed by atoms with van der Waals surface area (Å²) in [6, 6.07) is 4.04. The second-order valence-corrected chi connectivity index (χ2v) is 8.98. The van der Waals surface area contributed by atoms with Gasteiger partial charge >= 0.3 is 6.03 Å². The minimum absolute atomic E-state index is 0.0282. The number of urea groups is 1. The van der Waals surface area contributed by atoms with E-state index in [4.69, 9.17) is 0 Å². The molecule has 2 fully saturated rings. The molecule has 9 heteroatoms. The van der Waals surface area contributed by atoms with Gasteiger partial charge in [-0.05, 0) is 38.8 Å². The zero-order valence-corrected chi connectivity index (χ0v) is 17.8. The Balaban J connectivity index is 1.39. The molecule has 2 N–H and O–H groups in total. The largest absolute Gasteiger partial charge is 0.330 e. The Morgan fingerprint density at radius 1 is 1.34 bits per heavy atom. The smallest absolute Gasteiger partial charge is 0.322 e. The summed E-state index contributed by atoms with van der Waals surface area (Å²) in [4.78, 5) is 37.7. The Bertz CT molecular complexity index is 921. The third-order valence-corrected chi connectivity index (χ3v) is 6.87. The third-order valence-electron chi connectivity index (χ3n) is 5.79. The lowest BCUT2D eigenvalue weighted by Gasteiger charge is -2.41. The van der Waals surface area contributed by atoms with Gasteiger partial charge in [0, 0.05) is 54.7 Å². The molecule has 0 aromatic carbocycles. The quantitative estimate of drug-likeness (QED) is 0.803. The van der Waals surface area contributed by atoms with Crippen LogP contribution in [-0.2, 0) is 4.79 Å². The van der Waals surface area contributed by atoms with E-state index in [9.17, 15) is 9.59 Å². The second-order valence-electron chi connectivity index (χ2n) is 7.91. The van der Waals surface area contributed by atoms with E-state index in [1.54, 1.807) is 6.20 Å². The molecule has 0 aliphatic carbocycles. The maximum atomic E-state index is 12.6. The number of amides is 3. The van der Waals surface area contributed by atoms with Gasteiger partial charge in [-0.15, -0.1) is 11.3 Å². The van der Waals surface area contributed by atoms with Crippen molar-refractivity contribution in [2.75, 3.05) is 29.9 Å². The van der Waals surface area contributed by atoms with Crippen LogP contribution in [-0.4, -0.2) is 52.0 Å². The molecule has 1 atom stereocenters. The maximum Gasteiger partial charge on any atom is 0.322 e. The first-order valence-electron chi connectivity index (χ1n) is 9.85. The zero-order chi connectivity index (χ0) is 20.6. The Morgan fingerprint density at radius 3 is 2.79 bits per heavy atom. The molecule has 3 amide bonds. The van der Waals surface area contributed by atoms with Crippen LogP contribution in [0.2, 0.25) is 0 Å². The van der Waals surface area contributed by atoms with Crippen LogP contribution in [0.5, 0.6) is 0 Å². The molecule has 2 aromatic rings. The Morgan fingerprint density at radius 2 is 2.10 bits per heavy atom. The van der Waals surface area contributed by atoms with Crippen molar-refractivity contribution in [3.8, 4) is 0 Å². The van der Waals surface area contributed by atoms with Crippen molar-refractivity contribution in [3.63, 3.8) is 0 Å². The first-order valence-corrected chi connectivity index (χ1v) is 10.7. The molecule has 4 rings (SSSR count). The SMILES string of the molecule is CC(=O)Nc1ncc(C(C)N2CCC3(CC2)CN(c2ccnc(C)c2)C(=O)N3)s1. The van der Waals surface area contributed by atoms with Crippen LogP contribution >= 0.6 is 11.3 Å². The fourth-order valence-electron chi connectivity index (χ4n) is 4.11. The number of rotatable bonds is 4. The van der Waals surface area contributed by atoms with Crippen LogP contribution in [0, 0.1) is 6.92 Å². The highest BCUT2D eigenvalue weighted by atomic mass is 32.1. The molecule has 0 saturated carbocycles. The van der Waals surface area contributed by atoms with Crippen molar-refractivity contribution < 1.29 is 9.59 Å². The van der Waals surface area contributed by atoms with E-state index in [1.165, 1.54) is 18.3 Å². The first kappa shape index (κ1) is 19.8. The molecular formula is C20H26N6O2S. The van der Waals surface area contributed by atoms with Crippen molar-refractivity contribution in [2.45, 2.75) is 45.2 Å². The zero-order valence-electron chi connectivity index (χ0n) is 16.9. The van der Waals surface area contributed by atoms with Gasteiger partial charge in [0.2, 0.25) is 5.91 Å². The molecule has 154 valence electrons. The highest BCUT2D eigenvalue weighted by Gasteiger charge is 2.45. The van der Waals surface area contributed by atoms with Gasteiger partial charge in [-0.3, -0.25) is 19.6 Å². The van der Waals surface area contributed by atoms with Crippen molar-refractivity contribution >= 4 is 34.1 Å². The number of aromatic nitrogens is 2. The lowest BCUT2D eigenvalue weighted by atomic mass is 9.87. The van der Waals surface area contributed by atoms with Gasteiger partial charge in [-0.25, -0.2) is 9.78 Å². The van der Waals surface area contributed by atoms with E-state index in [-0.39, 0.29) is 23.5 Å². The van der Waals surface area contributed by atoms with E-state index in [2.05, 4.69) is 32.4 Å². The number of carbonyl (C=O) groups excluding carboxylic acids is 2. The van der Waals surface area contributed by atoms with Crippen molar-refractivity contribution in [2.24, 2.45) is 0 Å². The predicted octanol–water partition coefficient (Wildman–Crippen LogP) is 2.93. The Labute approximate surface area is 174 Å². The third kappa shape index (κ3) is 4.11. The molecule has 8 nitrogen and oxygen atoms in total. The summed E-state index contributed by atoms with van der Waals surface area (Å²) < 4.78 is 0. The number of hydrogen-bond donors (Lipinski definition) is 2. The summed E-state index contributed by atoms with van der Waals surface area (Å²) in [5.74, 6) is -0.107. The molecule has 4 heterocycles. The summed E-state index contributed by atoms with van der Waals surface area (Å²) in [6.45, 7) is 8.08. The van der Waals surface area contributed by atoms with Crippen LogP contribution in [0.4, 0.5) is 15.6 Å². The van der Waals surface area contributed by atoms with Crippen molar-refractivity contribution in [1.82, 2.24) is 20.2 Å². The number of piperidine rings is 1. The second kappa shape index (κ2) is 7.72. The standard InChI is InChI=1S/C20H26N6O2S/c1-13-10-16(4-7-21-13)26-12-20(24-19(26)28)5-8-25(9-6-20)14(2)17-11-22-18(29-17)23-15(3)27/h4,7,10-11,14H,5-6,8-9,12H2,1-3H3,(H,24,28)(H,22,23,27). The molecule has 1 unspecified atom stereocenters. The minimum atomic E-state index is -0.181. The first-order chi connectivity index (χ1) is 13.8. The number of pyridine rings is 1. The number of likely N-dealkylation sites (tertiary alicyclic amines) is 1. The molecule has 1 spiro atoms. The highest BCUT2D eigenvalue weighted by molar-refractivity contribution is 7.15. The maximum absolute atomic E-state index is 12.6. The number of nitrogens with zero attached hydrogens (tertiary/aromatic N) is 4. The Kier molecular flexibility index (Phi) is 5.26. The molecular weight excluding hydrogens is 388 g/mol. The predicted molar refractivity (Wildman–Crippen MR) is 113 cm³/mol. The van der Waals surface area contributed by atoms with Crippen LogP contribution in [0.1, 0.15) is 43.3 Å². The van der Waals surface area contributed by atoms with Gasteiger partial charge < -0.3 is 10.6 Å². The van der Waals surface area contributed by atoms with E-state index in [1.807, 2.05) is 30.2 Å². The monoisotopic (exact) mass is 414 g/mol. The summed E-state index contributed by atoms with van der Waals surface area (Å²) in [5.41, 5.74) is 1.63. The number of carbonyl (C=O) groups is 2. The van der Waals surface area contributed by atoms with Gasteiger partial charge in [-0.2, -0.15) is 0 Å². The normalized spacial score (nSPS) is 20.0. The number of aryl methyl sites for hydroxylation is 1. The number of anilines is 2. The van der Waals surface area contributed by atoms with Crippen LogP contribution in [0.25, 0.3) is 0 Å². The van der Waals surface area contributed by atoms with Gasteiger partial charge in [-0.1, -0.05) is 0 Å². The Hall–Kier alpha value is -2.52. The molecule has 0 radical (unpaired) electrons. The topological polar surface area (TPSA) is 90.5 Å². The van der Waals surface area contributed by atoms with E-state index >= 15 is 0 Å². The fourth-order valence-corrected chi connectivity index (χ4v) is 5.05. The van der Waals surface area contributed by atoms with Crippen LogP contribution in [0.3, 0.4) is 0 Å². The van der Waals surface area contributed by atoms with Gasteiger partial charge in [0.15, 0.2) is 5.13 Å². The number of hydrogen-bond acceptors (Lipinski definition) is 6. The van der Waals surface area contributed by atoms with E-state index in [0.717, 1.165) is 42.2 Å². The van der Waals surface area contributed by atoms with Crippen LogP contribution < -0.4 is 15.5 Å². The highest BCUT2D eigenvalue weighted by Crippen LogP contribution is 2.35. The van der Waals surface area contributed by atoms with Gasteiger partial charge in [0.05, 0.1) is 12.1 Å². The summed E-state index contributed by atoms with van der Waals surface area (Å²) in [5, 5.41) is 6.63. The molecule has 2 aliphatic heterocycles. The lowest BCUT2D eigenvalue weighted by molar-refractivity contribution is -0.114. The van der Waals surface area contributed by atoms with Crippen LogP contribution in [0.15, 0.2) is 24.5 Å². The number of nitrogens with one attached hydrogen (secondary N) is 2. The van der Waals surface area contributed by atoms with E-state index in [0.29, 0.717) is 11.7 Å². The molecule has 29 heavy (non-hydrogen) atoms. The number of thiazole rings is 1. The van der Waals surface area contributed by atoms with Gasteiger partial charge in [0.1, 0.15) is 0 Å². The average Bonchev–Trinajstić information content (AvgIpc) is 3.26. The molecule has 2 saturated heterocycles. The fraction of sp³-hybridized carbons (Fsp3) is 0.500. The van der Waals surface area contributed by atoms with E-state index < -0.39 is 0 Å². The molecule has 2 aromatic heterocycles. The molecule has 2 aliphatic rings. The van der Waals surface area contributed by atoms with Crippen molar-refractivity contribution in [1.29, 1.82) is 0 Å². The minimum Gasteiger partial charge on any atom is -0.330 e. The summed E-state index contributed by atoms with van der Waals surface area (Å²) >= 11 is 1.52. The van der Waals surface area contributed by atoms with Crippen molar-refractivity contribution in [3.05, 3.63) is 35.1 Å². The average molecular weight is 415 g/mol. The summed E-state index contributed by atoms with van der Waals surface area (Å²) in [6.07, 6.45) is 5.40. The molecule has 0 bridgehead atoms. The lowest BCUT2D eigenvalue weighted by Crippen LogP contribution is -2.52. The summed E-state index contributed by atoms with van der Waals surface area (Å²) in [7, 11) is 0.